The summed E-state index contributed by atoms with van der Waals surface area (Å²) in [5, 5.41) is 18.7. The molecule has 0 fully saturated rings. The van der Waals surface area contributed by atoms with Crippen LogP contribution in [0.3, 0.4) is 0 Å². The van der Waals surface area contributed by atoms with Crippen LogP contribution in [0.4, 0.5) is 0 Å². The van der Waals surface area contributed by atoms with Crippen molar-refractivity contribution in [1.29, 1.82) is 0 Å². The number of carbonyl (C=O) groups is 2. The van der Waals surface area contributed by atoms with E-state index in [9.17, 15) is 14.7 Å². The smallest absolute Gasteiger partial charge is 0.306 e. The van der Waals surface area contributed by atoms with Crippen molar-refractivity contribution < 1.29 is 19.8 Å². The summed E-state index contributed by atoms with van der Waals surface area (Å²) in [5.74, 6) is -2.20. The highest BCUT2D eigenvalue weighted by Crippen LogP contribution is 2.33. The maximum atomic E-state index is 12.3. The molecular weight excluding hydrogens is 232 g/mol. The number of carbonyl (C=O) groups excluding carboxylic acids is 1. The van der Waals surface area contributed by atoms with Crippen LogP contribution in [-0.4, -0.2) is 22.0 Å². The molecule has 1 aromatic rings. The molecule has 0 saturated heterocycles. The van der Waals surface area contributed by atoms with Gasteiger partial charge in [-0.1, -0.05) is 13.0 Å². The number of carboxylic acid groups (broad SMARTS) is 1. The second-order valence-corrected chi connectivity index (χ2v) is 4.93. The Labute approximate surface area is 105 Å². The van der Waals surface area contributed by atoms with E-state index in [4.69, 9.17) is 5.11 Å². The summed E-state index contributed by atoms with van der Waals surface area (Å²) in [5.41, 5.74) is 2.12. The zero-order valence-electron chi connectivity index (χ0n) is 10.4. The number of ketones is 1. The van der Waals surface area contributed by atoms with Crippen molar-refractivity contribution in [3.05, 3.63) is 28.8 Å². The molecule has 2 N–H and O–H groups in total. The molecule has 4 nitrogen and oxygen atoms in total. The highest BCUT2D eigenvalue weighted by atomic mass is 16.4. The van der Waals surface area contributed by atoms with Gasteiger partial charge in [-0.3, -0.25) is 9.59 Å². The third kappa shape index (κ3) is 1.98. The van der Waals surface area contributed by atoms with E-state index in [1.807, 2.05) is 6.07 Å². The molecule has 18 heavy (non-hydrogen) atoms. The van der Waals surface area contributed by atoms with Crippen LogP contribution in [0.2, 0.25) is 0 Å². The topological polar surface area (TPSA) is 74.6 Å². The van der Waals surface area contributed by atoms with Gasteiger partial charge in [0, 0.05) is 11.5 Å². The van der Waals surface area contributed by atoms with Gasteiger partial charge in [0.25, 0.3) is 0 Å². The van der Waals surface area contributed by atoms with Gasteiger partial charge < -0.3 is 10.2 Å². The fraction of sp³-hybridized carbons (Fsp3) is 0.429. The first kappa shape index (κ1) is 12.6. The molecule has 96 valence electrons. The summed E-state index contributed by atoms with van der Waals surface area (Å²) < 4.78 is 0. The van der Waals surface area contributed by atoms with Crippen molar-refractivity contribution in [2.75, 3.05) is 0 Å². The van der Waals surface area contributed by atoms with E-state index in [1.54, 1.807) is 13.8 Å². The standard InChI is InChI=1S/C14H16O4/c1-7-5-9-3-4-10(8(2)14(17)18)13(16)11(9)6-12(7)15/h5-6,8,10,15H,3-4H2,1-2H3,(H,17,18). The quantitative estimate of drug-likeness (QED) is 0.841. The predicted octanol–water partition coefficient (Wildman–Crippen LogP) is 2.17. The van der Waals surface area contributed by atoms with Crippen molar-refractivity contribution in [1.82, 2.24) is 0 Å². The largest absolute Gasteiger partial charge is 0.508 e. The lowest BCUT2D eigenvalue weighted by molar-refractivity contribution is -0.142. The molecule has 0 aromatic heterocycles. The third-order valence-corrected chi connectivity index (χ3v) is 3.74. The Morgan fingerprint density at radius 3 is 2.72 bits per heavy atom. The van der Waals surface area contributed by atoms with E-state index >= 15 is 0 Å². The number of aromatic hydroxyl groups is 1. The van der Waals surface area contributed by atoms with E-state index in [1.165, 1.54) is 6.07 Å². The zero-order valence-corrected chi connectivity index (χ0v) is 10.4. The predicted molar refractivity (Wildman–Crippen MR) is 65.8 cm³/mol. The molecule has 2 rings (SSSR count). The Kier molecular flexibility index (Phi) is 3.11. The summed E-state index contributed by atoms with van der Waals surface area (Å²) in [6.45, 7) is 3.34. The van der Waals surface area contributed by atoms with Gasteiger partial charge in [0.2, 0.25) is 0 Å². The molecule has 0 spiro atoms. The molecule has 0 bridgehead atoms. The monoisotopic (exact) mass is 248 g/mol. The average molecular weight is 248 g/mol. The molecule has 1 aromatic carbocycles. The molecule has 4 heteroatoms. The lowest BCUT2D eigenvalue weighted by Gasteiger charge is -2.26. The Balaban J connectivity index is 2.39. The van der Waals surface area contributed by atoms with E-state index in [2.05, 4.69) is 0 Å². The van der Waals surface area contributed by atoms with Gasteiger partial charge in [-0.25, -0.2) is 0 Å². The van der Waals surface area contributed by atoms with Gasteiger partial charge in [0.1, 0.15) is 5.75 Å². The van der Waals surface area contributed by atoms with E-state index in [0.29, 0.717) is 18.4 Å². The lowest BCUT2D eigenvalue weighted by atomic mass is 9.76. The summed E-state index contributed by atoms with van der Waals surface area (Å²) in [7, 11) is 0. The van der Waals surface area contributed by atoms with Crippen LogP contribution in [0.15, 0.2) is 12.1 Å². The molecule has 0 amide bonds. The molecule has 2 atom stereocenters. The molecule has 1 aliphatic rings. The minimum absolute atomic E-state index is 0.0886. The Morgan fingerprint density at radius 1 is 1.44 bits per heavy atom. The van der Waals surface area contributed by atoms with E-state index in [0.717, 1.165) is 11.1 Å². The summed E-state index contributed by atoms with van der Waals surface area (Å²) >= 11 is 0. The van der Waals surface area contributed by atoms with Crippen LogP contribution in [0.1, 0.15) is 34.8 Å². The summed E-state index contributed by atoms with van der Waals surface area (Å²) in [4.78, 5) is 23.2. The van der Waals surface area contributed by atoms with Gasteiger partial charge in [-0.05, 0) is 37.0 Å². The number of aliphatic carboxylic acids is 1. The molecule has 2 unspecified atom stereocenters. The third-order valence-electron chi connectivity index (χ3n) is 3.74. The molecular formula is C14H16O4. The number of hydrogen-bond acceptors (Lipinski definition) is 3. The molecule has 1 aliphatic carbocycles. The number of carboxylic acids is 1. The van der Waals surface area contributed by atoms with E-state index in [-0.39, 0.29) is 11.5 Å². The normalized spacial score (nSPS) is 20.3. The van der Waals surface area contributed by atoms with E-state index < -0.39 is 17.8 Å². The van der Waals surface area contributed by atoms with Crippen molar-refractivity contribution >= 4 is 11.8 Å². The number of benzene rings is 1. The number of Topliss-reactive ketones (excluding diaryl/α,β-unsaturated/α-hetero) is 1. The minimum atomic E-state index is -0.951. The van der Waals surface area contributed by atoms with Crippen LogP contribution in [0.5, 0.6) is 5.75 Å². The Morgan fingerprint density at radius 2 is 2.11 bits per heavy atom. The van der Waals surface area contributed by atoms with Crippen molar-refractivity contribution in [3.8, 4) is 5.75 Å². The first-order valence-corrected chi connectivity index (χ1v) is 6.01. The fourth-order valence-electron chi connectivity index (χ4n) is 2.48. The first-order valence-electron chi connectivity index (χ1n) is 6.01. The van der Waals surface area contributed by atoms with Gasteiger partial charge in [-0.2, -0.15) is 0 Å². The van der Waals surface area contributed by atoms with Crippen LogP contribution < -0.4 is 0 Å². The number of fused-ring (bicyclic) bond motifs is 1. The summed E-state index contributed by atoms with van der Waals surface area (Å²) in [6.07, 6.45) is 1.24. The minimum Gasteiger partial charge on any atom is -0.508 e. The maximum absolute atomic E-state index is 12.3. The number of rotatable bonds is 2. The second kappa shape index (κ2) is 4.44. The Bertz CT molecular complexity index is 519. The van der Waals surface area contributed by atoms with Gasteiger partial charge >= 0.3 is 5.97 Å². The van der Waals surface area contributed by atoms with Crippen LogP contribution >= 0.6 is 0 Å². The van der Waals surface area contributed by atoms with Crippen molar-refractivity contribution in [3.63, 3.8) is 0 Å². The molecule has 0 aliphatic heterocycles. The second-order valence-electron chi connectivity index (χ2n) is 4.93. The average Bonchev–Trinajstić information content (AvgIpc) is 2.31. The molecule has 0 saturated carbocycles. The summed E-state index contributed by atoms with van der Waals surface area (Å²) in [6, 6.07) is 3.28. The van der Waals surface area contributed by atoms with Crippen LogP contribution in [0.25, 0.3) is 0 Å². The number of aryl methyl sites for hydroxylation is 2. The van der Waals surface area contributed by atoms with Gasteiger partial charge in [0.15, 0.2) is 5.78 Å². The highest BCUT2D eigenvalue weighted by Gasteiger charge is 2.35. The van der Waals surface area contributed by atoms with Crippen molar-refractivity contribution in [2.45, 2.75) is 26.7 Å². The highest BCUT2D eigenvalue weighted by molar-refractivity contribution is 6.02. The molecule has 0 radical (unpaired) electrons. The van der Waals surface area contributed by atoms with Crippen LogP contribution in [-0.2, 0) is 11.2 Å². The van der Waals surface area contributed by atoms with Gasteiger partial charge in [0.05, 0.1) is 5.92 Å². The van der Waals surface area contributed by atoms with Crippen LogP contribution in [0, 0.1) is 18.8 Å². The molecule has 0 heterocycles. The van der Waals surface area contributed by atoms with Gasteiger partial charge in [-0.15, -0.1) is 0 Å². The number of hydrogen-bond donors (Lipinski definition) is 2. The Hall–Kier alpha value is -1.84. The maximum Gasteiger partial charge on any atom is 0.306 e. The fourth-order valence-corrected chi connectivity index (χ4v) is 2.48. The lowest BCUT2D eigenvalue weighted by Crippen LogP contribution is -2.32. The SMILES string of the molecule is Cc1cc2c(cc1O)C(=O)C(C(C)C(=O)O)CC2. The number of phenols is 1. The van der Waals surface area contributed by atoms with Crippen molar-refractivity contribution in [2.24, 2.45) is 11.8 Å². The first-order chi connectivity index (χ1) is 8.41. The number of phenolic OH excluding ortho intramolecular Hbond substituents is 1. The zero-order chi connectivity index (χ0) is 13.4.